The van der Waals surface area contributed by atoms with Gasteiger partial charge in [-0.3, -0.25) is 0 Å². The van der Waals surface area contributed by atoms with Gasteiger partial charge >= 0.3 is 12.1 Å². The first-order valence-corrected chi connectivity index (χ1v) is 5.04. The van der Waals surface area contributed by atoms with Gasteiger partial charge in [0, 0.05) is 0 Å². The molecule has 0 saturated carbocycles. The SMILES string of the molecule is COC(=O)C1=CCc2ccc(C(F)(F)F)nc2N1. The van der Waals surface area contributed by atoms with Gasteiger partial charge in [0.15, 0.2) is 0 Å². The average Bonchev–Trinajstić information content (AvgIpc) is 2.35. The van der Waals surface area contributed by atoms with Crippen LogP contribution in [0.2, 0.25) is 0 Å². The lowest BCUT2D eigenvalue weighted by atomic mass is 10.1. The first-order chi connectivity index (χ1) is 8.41. The maximum absolute atomic E-state index is 12.5. The van der Waals surface area contributed by atoms with E-state index in [0.29, 0.717) is 12.0 Å². The van der Waals surface area contributed by atoms with E-state index in [9.17, 15) is 18.0 Å². The molecule has 7 heteroatoms. The van der Waals surface area contributed by atoms with Crippen molar-refractivity contribution in [1.82, 2.24) is 4.98 Å². The summed E-state index contributed by atoms with van der Waals surface area (Å²) in [6.07, 6.45) is -2.63. The zero-order chi connectivity index (χ0) is 13.3. The third kappa shape index (κ3) is 2.29. The number of carbonyl (C=O) groups excluding carboxylic acids is 1. The number of rotatable bonds is 1. The summed E-state index contributed by atoms with van der Waals surface area (Å²) in [5, 5.41) is 2.54. The molecule has 0 aromatic carbocycles. The molecule has 0 atom stereocenters. The molecule has 0 bridgehead atoms. The number of esters is 1. The molecule has 1 aromatic heterocycles. The standard InChI is InChI=1S/C11H9F3N2O2/c1-18-10(17)7-4-2-6-3-5-8(11(12,13)14)16-9(6)15-7/h3-5H,2H2,1H3,(H,15,16). The zero-order valence-electron chi connectivity index (χ0n) is 9.34. The second-order valence-corrected chi connectivity index (χ2v) is 3.64. The molecule has 96 valence electrons. The molecule has 2 heterocycles. The highest BCUT2D eigenvalue weighted by molar-refractivity contribution is 5.92. The number of allylic oxidation sites excluding steroid dienone is 1. The summed E-state index contributed by atoms with van der Waals surface area (Å²) in [7, 11) is 1.19. The molecule has 4 nitrogen and oxygen atoms in total. The highest BCUT2D eigenvalue weighted by Crippen LogP contribution is 2.31. The van der Waals surface area contributed by atoms with Crippen LogP contribution in [0.25, 0.3) is 0 Å². The number of pyridine rings is 1. The maximum atomic E-state index is 12.5. The van der Waals surface area contributed by atoms with E-state index in [4.69, 9.17) is 0 Å². The summed E-state index contributed by atoms with van der Waals surface area (Å²) in [5.74, 6) is -0.604. The van der Waals surface area contributed by atoms with Crippen LogP contribution >= 0.6 is 0 Å². The van der Waals surface area contributed by atoms with Crippen LogP contribution in [0.4, 0.5) is 19.0 Å². The van der Waals surface area contributed by atoms with Gasteiger partial charge in [-0.2, -0.15) is 13.2 Å². The van der Waals surface area contributed by atoms with Gasteiger partial charge in [0.05, 0.1) is 7.11 Å². The molecule has 0 aliphatic carbocycles. The van der Waals surface area contributed by atoms with Crippen LogP contribution < -0.4 is 5.32 Å². The Morgan fingerprint density at radius 2 is 2.17 bits per heavy atom. The van der Waals surface area contributed by atoms with Crippen molar-refractivity contribution in [1.29, 1.82) is 0 Å². The third-order valence-corrected chi connectivity index (χ3v) is 2.45. The number of carbonyl (C=O) groups is 1. The second kappa shape index (κ2) is 4.32. The minimum Gasteiger partial charge on any atom is -0.464 e. The number of halogens is 3. The van der Waals surface area contributed by atoms with Gasteiger partial charge in [-0.25, -0.2) is 9.78 Å². The molecule has 0 spiro atoms. The largest absolute Gasteiger partial charge is 0.464 e. The van der Waals surface area contributed by atoms with E-state index in [1.165, 1.54) is 13.2 Å². The molecule has 0 fully saturated rings. The van der Waals surface area contributed by atoms with Crippen molar-refractivity contribution >= 4 is 11.8 Å². The van der Waals surface area contributed by atoms with Crippen LogP contribution in [0, 0.1) is 0 Å². The Balaban J connectivity index is 2.32. The van der Waals surface area contributed by atoms with Crippen molar-refractivity contribution in [3.63, 3.8) is 0 Å². The van der Waals surface area contributed by atoms with Crippen molar-refractivity contribution in [3.05, 3.63) is 35.2 Å². The summed E-state index contributed by atoms with van der Waals surface area (Å²) in [5.41, 5.74) is -0.313. The molecule has 1 aliphatic rings. The monoisotopic (exact) mass is 258 g/mol. The second-order valence-electron chi connectivity index (χ2n) is 3.64. The Labute approximate surface area is 100 Å². The van der Waals surface area contributed by atoms with Gasteiger partial charge in [0.2, 0.25) is 0 Å². The molecule has 0 amide bonds. The number of nitrogens with one attached hydrogen (secondary N) is 1. The van der Waals surface area contributed by atoms with Gasteiger partial charge < -0.3 is 10.1 Å². The third-order valence-electron chi connectivity index (χ3n) is 2.45. The number of alkyl halides is 3. The van der Waals surface area contributed by atoms with Gasteiger partial charge in [-0.05, 0) is 24.1 Å². The van der Waals surface area contributed by atoms with Crippen molar-refractivity contribution in [2.24, 2.45) is 0 Å². The molecule has 18 heavy (non-hydrogen) atoms. The van der Waals surface area contributed by atoms with Crippen molar-refractivity contribution in [2.45, 2.75) is 12.6 Å². The van der Waals surface area contributed by atoms with Crippen LogP contribution in [0.1, 0.15) is 11.3 Å². The van der Waals surface area contributed by atoms with Gasteiger partial charge in [-0.1, -0.05) is 6.07 Å². The van der Waals surface area contributed by atoms with Crippen molar-refractivity contribution in [2.75, 3.05) is 12.4 Å². The summed E-state index contributed by atoms with van der Waals surface area (Å²) in [6.45, 7) is 0. The van der Waals surface area contributed by atoms with E-state index < -0.39 is 17.8 Å². The summed E-state index contributed by atoms with van der Waals surface area (Å²) in [6, 6.07) is 2.25. The number of hydrogen-bond donors (Lipinski definition) is 1. The van der Waals surface area contributed by atoms with E-state index >= 15 is 0 Å². The van der Waals surface area contributed by atoms with E-state index in [2.05, 4.69) is 15.0 Å². The minimum absolute atomic E-state index is 0.0349. The summed E-state index contributed by atoms with van der Waals surface area (Å²) in [4.78, 5) is 14.7. The number of anilines is 1. The van der Waals surface area contributed by atoms with E-state index in [1.54, 1.807) is 6.08 Å². The Morgan fingerprint density at radius 3 is 2.78 bits per heavy atom. The van der Waals surface area contributed by atoms with Crippen LogP contribution in [-0.2, 0) is 22.1 Å². The van der Waals surface area contributed by atoms with Crippen LogP contribution in [0.15, 0.2) is 23.9 Å². The number of fused-ring (bicyclic) bond motifs is 1. The first kappa shape index (κ1) is 12.4. The van der Waals surface area contributed by atoms with Crippen LogP contribution in [0.3, 0.4) is 0 Å². The topological polar surface area (TPSA) is 51.2 Å². The minimum atomic E-state index is -4.51. The van der Waals surface area contributed by atoms with E-state index in [-0.39, 0.29) is 11.5 Å². The molecular formula is C11H9F3N2O2. The predicted molar refractivity (Wildman–Crippen MR) is 56.7 cm³/mol. The summed E-state index contributed by atoms with van der Waals surface area (Å²) < 4.78 is 41.9. The van der Waals surface area contributed by atoms with Gasteiger partial charge in [-0.15, -0.1) is 0 Å². The quantitative estimate of drug-likeness (QED) is 0.784. The van der Waals surface area contributed by atoms with E-state index in [0.717, 1.165) is 6.07 Å². The van der Waals surface area contributed by atoms with Crippen LogP contribution in [0.5, 0.6) is 0 Å². The molecule has 0 saturated heterocycles. The Hall–Kier alpha value is -2.05. The van der Waals surface area contributed by atoms with Gasteiger partial charge in [0.25, 0.3) is 0 Å². The normalized spacial score (nSPS) is 14.3. The summed E-state index contributed by atoms with van der Waals surface area (Å²) >= 11 is 0. The lowest BCUT2D eigenvalue weighted by Gasteiger charge is -2.18. The molecular weight excluding hydrogens is 249 g/mol. The van der Waals surface area contributed by atoms with E-state index in [1.807, 2.05) is 0 Å². The van der Waals surface area contributed by atoms with Crippen molar-refractivity contribution in [3.8, 4) is 0 Å². The first-order valence-electron chi connectivity index (χ1n) is 5.04. The highest BCUT2D eigenvalue weighted by atomic mass is 19.4. The van der Waals surface area contributed by atoms with Crippen molar-refractivity contribution < 1.29 is 22.7 Å². The fourth-order valence-electron chi connectivity index (χ4n) is 1.55. The Bertz CT molecular complexity index is 524. The number of nitrogens with zero attached hydrogens (tertiary/aromatic N) is 1. The molecule has 1 N–H and O–H groups in total. The predicted octanol–water partition coefficient (Wildman–Crippen LogP) is 2.13. The number of ether oxygens (including phenoxy) is 1. The molecule has 1 aromatic rings. The van der Waals surface area contributed by atoms with Crippen LogP contribution in [-0.4, -0.2) is 18.1 Å². The molecule has 0 radical (unpaired) electrons. The Kier molecular flexibility index (Phi) is 2.98. The lowest BCUT2D eigenvalue weighted by Crippen LogP contribution is -2.20. The molecule has 2 rings (SSSR count). The zero-order valence-corrected chi connectivity index (χ0v) is 9.34. The Morgan fingerprint density at radius 1 is 1.44 bits per heavy atom. The fourth-order valence-corrected chi connectivity index (χ4v) is 1.55. The number of methoxy groups -OCH3 is 1. The molecule has 0 unspecified atom stereocenters. The highest BCUT2D eigenvalue weighted by Gasteiger charge is 2.33. The number of aromatic nitrogens is 1. The van der Waals surface area contributed by atoms with Gasteiger partial charge in [0.1, 0.15) is 17.2 Å². The lowest BCUT2D eigenvalue weighted by molar-refractivity contribution is -0.141. The average molecular weight is 258 g/mol. The fraction of sp³-hybridized carbons (Fsp3) is 0.273. The number of hydrogen-bond acceptors (Lipinski definition) is 4. The molecule has 1 aliphatic heterocycles. The maximum Gasteiger partial charge on any atom is 0.433 e. The smallest absolute Gasteiger partial charge is 0.433 e.